The van der Waals surface area contributed by atoms with Crippen molar-refractivity contribution in [3.8, 4) is 10.6 Å². The molecule has 4 nitrogen and oxygen atoms in total. The van der Waals surface area contributed by atoms with Crippen molar-refractivity contribution in [3.05, 3.63) is 64.1 Å². The van der Waals surface area contributed by atoms with Gasteiger partial charge in [-0.2, -0.15) is 0 Å². The number of rotatable bonds is 3. The van der Waals surface area contributed by atoms with Crippen LogP contribution in [0.25, 0.3) is 10.6 Å². The molecule has 0 aliphatic rings. The summed E-state index contributed by atoms with van der Waals surface area (Å²) in [5.74, 6) is -0.913. The minimum absolute atomic E-state index is 0.0484. The van der Waals surface area contributed by atoms with Crippen LogP contribution < -0.4 is 5.32 Å². The quantitative estimate of drug-likeness (QED) is 0.755. The molecule has 0 radical (unpaired) electrons. The fourth-order valence-electron chi connectivity index (χ4n) is 1.96. The molecular formula is C16H11ClFN3OS. The Balaban J connectivity index is 1.81. The standard InChI is InChI=1S/C16H11ClFN3OS/c1-9-4-5-19-7-11(9)16-21-14(8-23-16)15(22)20-10-2-3-13(18)12(17)6-10/h2-8H,1H3,(H,20,22). The van der Waals surface area contributed by atoms with Crippen molar-refractivity contribution in [3.63, 3.8) is 0 Å². The minimum atomic E-state index is -0.535. The van der Waals surface area contributed by atoms with Crippen molar-refractivity contribution in [1.82, 2.24) is 9.97 Å². The summed E-state index contributed by atoms with van der Waals surface area (Å²) < 4.78 is 13.1. The number of carbonyl (C=O) groups excluding carboxylic acids is 1. The van der Waals surface area contributed by atoms with Gasteiger partial charge in [0.05, 0.1) is 5.02 Å². The molecule has 0 spiro atoms. The Morgan fingerprint density at radius 1 is 1.35 bits per heavy atom. The molecule has 0 saturated carbocycles. The first-order chi connectivity index (χ1) is 11.0. The van der Waals surface area contributed by atoms with Gasteiger partial charge >= 0.3 is 0 Å². The van der Waals surface area contributed by atoms with Gasteiger partial charge in [0.2, 0.25) is 0 Å². The summed E-state index contributed by atoms with van der Waals surface area (Å²) in [4.78, 5) is 20.6. The number of benzene rings is 1. The van der Waals surface area contributed by atoms with Gasteiger partial charge in [0, 0.05) is 29.0 Å². The highest BCUT2D eigenvalue weighted by atomic mass is 35.5. The number of nitrogens with one attached hydrogen (secondary N) is 1. The molecule has 3 rings (SSSR count). The zero-order chi connectivity index (χ0) is 16.4. The van der Waals surface area contributed by atoms with Gasteiger partial charge in [-0.1, -0.05) is 11.6 Å². The van der Waals surface area contributed by atoms with E-state index in [4.69, 9.17) is 11.6 Å². The predicted molar refractivity (Wildman–Crippen MR) is 89.4 cm³/mol. The van der Waals surface area contributed by atoms with Crippen LogP contribution in [0.1, 0.15) is 16.1 Å². The third kappa shape index (κ3) is 3.38. The molecule has 0 aliphatic carbocycles. The van der Waals surface area contributed by atoms with Crippen LogP contribution in [0, 0.1) is 12.7 Å². The van der Waals surface area contributed by atoms with Gasteiger partial charge in [0.25, 0.3) is 5.91 Å². The van der Waals surface area contributed by atoms with Gasteiger partial charge in [-0.3, -0.25) is 9.78 Å². The Bertz CT molecular complexity index is 881. The van der Waals surface area contributed by atoms with Crippen LogP contribution in [-0.4, -0.2) is 15.9 Å². The summed E-state index contributed by atoms with van der Waals surface area (Å²) >= 11 is 7.06. The second-order valence-corrected chi connectivity index (χ2v) is 6.08. The second kappa shape index (κ2) is 6.44. The van der Waals surface area contributed by atoms with E-state index in [-0.39, 0.29) is 16.6 Å². The van der Waals surface area contributed by atoms with Crippen LogP contribution >= 0.6 is 22.9 Å². The van der Waals surface area contributed by atoms with Crippen molar-refractivity contribution in [2.75, 3.05) is 5.32 Å². The van der Waals surface area contributed by atoms with E-state index in [0.29, 0.717) is 5.69 Å². The highest BCUT2D eigenvalue weighted by Gasteiger charge is 2.14. The van der Waals surface area contributed by atoms with Crippen LogP contribution in [0.3, 0.4) is 0 Å². The molecule has 1 aromatic carbocycles. The maximum absolute atomic E-state index is 13.1. The van der Waals surface area contributed by atoms with Gasteiger partial charge in [-0.05, 0) is 36.8 Å². The van der Waals surface area contributed by atoms with Gasteiger partial charge < -0.3 is 5.32 Å². The van der Waals surface area contributed by atoms with Gasteiger partial charge in [0.1, 0.15) is 16.5 Å². The molecule has 1 N–H and O–H groups in total. The van der Waals surface area contributed by atoms with E-state index in [2.05, 4.69) is 15.3 Å². The summed E-state index contributed by atoms with van der Waals surface area (Å²) in [6.07, 6.45) is 3.42. The Kier molecular flexibility index (Phi) is 4.36. The molecular weight excluding hydrogens is 337 g/mol. The highest BCUT2D eigenvalue weighted by Crippen LogP contribution is 2.26. The highest BCUT2D eigenvalue weighted by molar-refractivity contribution is 7.13. The molecule has 1 amide bonds. The molecule has 2 aromatic heterocycles. The average Bonchev–Trinajstić information content (AvgIpc) is 3.01. The van der Waals surface area contributed by atoms with Crippen LogP contribution in [0.2, 0.25) is 5.02 Å². The number of carbonyl (C=O) groups is 1. The van der Waals surface area contributed by atoms with E-state index in [9.17, 15) is 9.18 Å². The third-order valence-corrected chi connectivity index (χ3v) is 4.35. The Hall–Kier alpha value is -2.31. The minimum Gasteiger partial charge on any atom is -0.321 e. The van der Waals surface area contributed by atoms with Crippen LogP contribution in [-0.2, 0) is 0 Å². The molecule has 0 bridgehead atoms. The number of aryl methyl sites for hydroxylation is 1. The van der Waals surface area contributed by atoms with Gasteiger partial charge in [-0.25, -0.2) is 9.37 Å². The van der Waals surface area contributed by atoms with E-state index in [1.54, 1.807) is 17.8 Å². The lowest BCUT2D eigenvalue weighted by Crippen LogP contribution is -2.12. The van der Waals surface area contributed by atoms with Crippen molar-refractivity contribution in [1.29, 1.82) is 0 Å². The molecule has 0 atom stereocenters. The molecule has 23 heavy (non-hydrogen) atoms. The number of amides is 1. The van der Waals surface area contributed by atoms with E-state index in [1.165, 1.54) is 29.5 Å². The lowest BCUT2D eigenvalue weighted by molar-refractivity contribution is 0.102. The van der Waals surface area contributed by atoms with Gasteiger partial charge in [0.15, 0.2) is 0 Å². The summed E-state index contributed by atoms with van der Waals surface area (Å²) in [7, 11) is 0. The molecule has 0 fully saturated rings. The van der Waals surface area contributed by atoms with Crippen LogP contribution in [0.4, 0.5) is 10.1 Å². The maximum atomic E-state index is 13.1. The average molecular weight is 348 g/mol. The number of hydrogen-bond acceptors (Lipinski definition) is 4. The number of pyridine rings is 1. The Morgan fingerprint density at radius 3 is 2.91 bits per heavy atom. The predicted octanol–water partition coefficient (Wildman–Crippen LogP) is 4.56. The lowest BCUT2D eigenvalue weighted by Gasteiger charge is -2.04. The fraction of sp³-hybridized carbons (Fsp3) is 0.0625. The van der Waals surface area contributed by atoms with Crippen LogP contribution in [0.5, 0.6) is 0 Å². The molecule has 0 unspecified atom stereocenters. The molecule has 0 saturated heterocycles. The fourth-order valence-corrected chi connectivity index (χ4v) is 3.01. The molecule has 2 heterocycles. The maximum Gasteiger partial charge on any atom is 0.275 e. The van der Waals surface area contributed by atoms with Crippen molar-refractivity contribution in [2.24, 2.45) is 0 Å². The number of hydrogen-bond donors (Lipinski definition) is 1. The number of anilines is 1. The zero-order valence-corrected chi connectivity index (χ0v) is 13.6. The van der Waals surface area contributed by atoms with Crippen molar-refractivity contribution < 1.29 is 9.18 Å². The zero-order valence-electron chi connectivity index (χ0n) is 12.0. The normalized spacial score (nSPS) is 10.6. The summed E-state index contributed by atoms with van der Waals surface area (Å²) in [5, 5.41) is 4.98. The SMILES string of the molecule is Cc1ccncc1-c1nc(C(=O)Nc2ccc(F)c(Cl)c2)cs1. The summed E-state index contributed by atoms with van der Waals surface area (Å²) in [5.41, 5.74) is 2.62. The molecule has 116 valence electrons. The number of aromatic nitrogens is 2. The first-order valence-electron chi connectivity index (χ1n) is 6.67. The lowest BCUT2D eigenvalue weighted by atomic mass is 10.2. The summed E-state index contributed by atoms with van der Waals surface area (Å²) in [6, 6.07) is 5.88. The van der Waals surface area contributed by atoms with Crippen molar-refractivity contribution >= 4 is 34.5 Å². The summed E-state index contributed by atoms with van der Waals surface area (Å²) in [6.45, 7) is 1.96. The topological polar surface area (TPSA) is 54.9 Å². The van der Waals surface area contributed by atoms with Crippen molar-refractivity contribution in [2.45, 2.75) is 6.92 Å². The Labute approximate surface area is 141 Å². The monoisotopic (exact) mass is 347 g/mol. The molecule has 7 heteroatoms. The Morgan fingerprint density at radius 2 is 2.17 bits per heavy atom. The smallest absolute Gasteiger partial charge is 0.275 e. The molecule has 0 aliphatic heterocycles. The number of halogens is 2. The van der Waals surface area contributed by atoms with E-state index < -0.39 is 5.82 Å². The second-order valence-electron chi connectivity index (χ2n) is 4.81. The largest absolute Gasteiger partial charge is 0.321 e. The van der Waals surface area contributed by atoms with Crippen LogP contribution in [0.15, 0.2) is 42.0 Å². The first-order valence-corrected chi connectivity index (χ1v) is 7.93. The molecule has 3 aromatic rings. The van der Waals surface area contributed by atoms with E-state index in [1.807, 2.05) is 13.0 Å². The van der Waals surface area contributed by atoms with Gasteiger partial charge in [-0.15, -0.1) is 11.3 Å². The third-order valence-electron chi connectivity index (χ3n) is 3.18. The van der Waals surface area contributed by atoms with E-state index in [0.717, 1.165) is 16.1 Å². The first kappa shape index (κ1) is 15.6. The number of nitrogens with zero attached hydrogens (tertiary/aromatic N) is 2. The number of thiazole rings is 1. The van der Waals surface area contributed by atoms with E-state index >= 15 is 0 Å².